The van der Waals surface area contributed by atoms with Crippen molar-refractivity contribution in [2.45, 2.75) is 25.7 Å². The molecule has 0 amide bonds. The van der Waals surface area contributed by atoms with Crippen LogP contribution in [0.5, 0.6) is 0 Å². The highest BCUT2D eigenvalue weighted by atomic mass is 14.1. The van der Waals surface area contributed by atoms with E-state index < -0.39 is 0 Å². The molecule has 0 radical (unpaired) electrons. The van der Waals surface area contributed by atoms with Crippen LogP contribution in [0.4, 0.5) is 0 Å². The molecule has 0 N–H and O–H groups in total. The lowest BCUT2D eigenvalue weighted by Crippen LogP contribution is -1.94. The summed E-state index contributed by atoms with van der Waals surface area (Å²) in [6.45, 7) is 0. The van der Waals surface area contributed by atoms with Crippen molar-refractivity contribution in [2.24, 2.45) is 0 Å². The largest absolute Gasteiger partial charge is 0.0844 e. The zero-order chi connectivity index (χ0) is 8.23. The van der Waals surface area contributed by atoms with Gasteiger partial charge in [0.15, 0.2) is 0 Å². The van der Waals surface area contributed by atoms with Crippen molar-refractivity contribution in [3.8, 4) is 0 Å². The van der Waals surface area contributed by atoms with Gasteiger partial charge in [-0.15, -0.1) is 0 Å². The van der Waals surface area contributed by atoms with Gasteiger partial charge >= 0.3 is 0 Å². The Morgan fingerprint density at radius 2 is 2.00 bits per heavy atom. The maximum Gasteiger partial charge on any atom is -0.00977 e. The molecule has 0 nitrogen and oxygen atoms in total. The number of allylic oxidation sites excluding steroid dienone is 8. The molecule has 2 aliphatic carbocycles. The molecule has 0 aromatic carbocycles. The zero-order valence-corrected chi connectivity index (χ0v) is 7.29. The Labute approximate surface area is 74.0 Å². The first kappa shape index (κ1) is 7.60. The van der Waals surface area contributed by atoms with Gasteiger partial charge < -0.3 is 0 Å². The van der Waals surface area contributed by atoms with E-state index in [9.17, 15) is 0 Å². The summed E-state index contributed by atoms with van der Waals surface area (Å²) in [7, 11) is 0. The summed E-state index contributed by atoms with van der Waals surface area (Å²) in [4.78, 5) is 0. The van der Waals surface area contributed by atoms with E-state index in [-0.39, 0.29) is 0 Å². The second kappa shape index (κ2) is 3.57. The van der Waals surface area contributed by atoms with Gasteiger partial charge in [-0.25, -0.2) is 0 Å². The molecule has 0 aromatic rings. The topological polar surface area (TPSA) is 0 Å². The van der Waals surface area contributed by atoms with Crippen molar-refractivity contribution in [2.75, 3.05) is 0 Å². The third kappa shape index (κ3) is 1.58. The predicted octanol–water partition coefficient (Wildman–Crippen LogP) is 3.54. The fourth-order valence-electron chi connectivity index (χ4n) is 1.73. The minimum atomic E-state index is 1.12. The lowest BCUT2D eigenvalue weighted by molar-refractivity contribution is 0.943. The van der Waals surface area contributed by atoms with Crippen molar-refractivity contribution in [1.29, 1.82) is 0 Å². The van der Waals surface area contributed by atoms with E-state index in [1.54, 1.807) is 11.1 Å². The lowest BCUT2D eigenvalue weighted by atomic mass is 9.92. The highest BCUT2D eigenvalue weighted by Gasteiger charge is 2.05. The van der Waals surface area contributed by atoms with Gasteiger partial charge in [-0.3, -0.25) is 0 Å². The van der Waals surface area contributed by atoms with Gasteiger partial charge in [0.1, 0.15) is 0 Å². The first-order chi connectivity index (χ1) is 5.97. The van der Waals surface area contributed by atoms with Crippen molar-refractivity contribution in [1.82, 2.24) is 0 Å². The standard InChI is InChI=1S/C12H14/c1-3-7-11(8-4-1)12-9-5-2-6-10-12/h1-3,5,7,10H,4,6,8-9H2. The van der Waals surface area contributed by atoms with Crippen LogP contribution in [-0.4, -0.2) is 0 Å². The van der Waals surface area contributed by atoms with E-state index in [1.165, 1.54) is 12.8 Å². The minimum Gasteiger partial charge on any atom is -0.0844 e. The Bertz CT molecular complexity index is 274. The van der Waals surface area contributed by atoms with Crippen LogP contribution in [0.25, 0.3) is 0 Å². The molecule has 0 atom stereocenters. The fraction of sp³-hybridized carbons (Fsp3) is 0.333. The average molecular weight is 158 g/mol. The van der Waals surface area contributed by atoms with Gasteiger partial charge in [-0.1, -0.05) is 36.5 Å². The molecule has 2 aliphatic rings. The second-order valence-electron chi connectivity index (χ2n) is 3.30. The first-order valence-corrected chi connectivity index (χ1v) is 4.67. The molecule has 0 heteroatoms. The monoisotopic (exact) mass is 158 g/mol. The van der Waals surface area contributed by atoms with Crippen LogP contribution in [0.2, 0.25) is 0 Å². The maximum atomic E-state index is 2.35. The van der Waals surface area contributed by atoms with Crippen molar-refractivity contribution in [3.63, 3.8) is 0 Å². The molecule has 2 rings (SSSR count). The second-order valence-corrected chi connectivity index (χ2v) is 3.30. The molecule has 0 heterocycles. The molecule has 0 spiro atoms. The van der Waals surface area contributed by atoms with Crippen molar-refractivity contribution in [3.05, 3.63) is 47.6 Å². The Balaban J connectivity index is 2.13. The quantitative estimate of drug-likeness (QED) is 0.512. The predicted molar refractivity (Wildman–Crippen MR) is 52.9 cm³/mol. The first-order valence-electron chi connectivity index (χ1n) is 4.67. The highest BCUT2D eigenvalue weighted by Crippen LogP contribution is 2.25. The average Bonchev–Trinajstić information content (AvgIpc) is 2.21. The van der Waals surface area contributed by atoms with Gasteiger partial charge in [0.2, 0.25) is 0 Å². The van der Waals surface area contributed by atoms with Crippen LogP contribution in [0.1, 0.15) is 25.7 Å². The van der Waals surface area contributed by atoms with Crippen LogP contribution in [0.15, 0.2) is 47.6 Å². The van der Waals surface area contributed by atoms with Gasteiger partial charge in [0.25, 0.3) is 0 Å². The molecular weight excluding hydrogens is 144 g/mol. The maximum absolute atomic E-state index is 2.35. The van der Waals surface area contributed by atoms with Crippen LogP contribution in [0, 0.1) is 0 Å². The van der Waals surface area contributed by atoms with Gasteiger partial charge in [0, 0.05) is 0 Å². The smallest absolute Gasteiger partial charge is 0.00977 e. The fourth-order valence-corrected chi connectivity index (χ4v) is 1.73. The Morgan fingerprint density at radius 3 is 2.67 bits per heavy atom. The third-order valence-electron chi connectivity index (χ3n) is 2.43. The Hall–Kier alpha value is -1.04. The van der Waals surface area contributed by atoms with Gasteiger partial charge in [-0.2, -0.15) is 0 Å². The summed E-state index contributed by atoms with van der Waals surface area (Å²) < 4.78 is 0. The summed E-state index contributed by atoms with van der Waals surface area (Å²) >= 11 is 0. The zero-order valence-electron chi connectivity index (χ0n) is 7.29. The van der Waals surface area contributed by atoms with E-state index in [2.05, 4.69) is 36.5 Å². The van der Waals surface area contributed by atoms with Crippen LogP contribution >= 0.6 is 0 Å². The molecule has 62 valence electrons. The Kier molecular flexibility index (Phi) is 2.26. The molecule has 0 saturated carbocycles. The molecular formula is C12H14. The van der Waals surface area contributed by atoms with Gasteiger partial charge in [0.05, 0.1) is 0 Å². The number of hydrogen-bond donors (Lipinski definition) is 0. The molecule has 0 aromatic heterocycles. The summed E-state index contributed by atoms with van der Waals surface area (Å²) in [6, 6.07) is 0. The molecule has 0 aliphatic heterocycles. The van der Waals surface area contributed by atoms with Gasteiger partial charge in [-0.05, 0) is 36.8 Å². The molecule has 0 bridgehead atoms. The Morgan fingerprint density at radius 1 is 1.00 bits per heavy atom. The van der Waals surface area contributed by atoms with Crippen molar-refractivity contribution >= 4 is 0 Å². The number of rotatable bonds is 1. The number of hydrogen-bond acceptors (Lipinski definition) is 0. The van der Waals surface area contributed by atoms with E-state index in [0.29, 0.717) is 0 Å². The van der Waals surface area contributed by atoms with Crippen molar-refractivity contribution < 1.29 is 0 Å². The normalized spacial score (nSPS) is 22.0. The third-order valence-corrected chi connectivity index (χ3v) is 2.43. The van der Waals surface area contributed by atoms with Crippen LogP contribution < -0.4 is 0 Å². The van der Waals surface area contributed by atoms with E-state index in [4.69, 9.17) is 0 Å². The van der Waals surface area contributed by atoms with Crippen LogP contribution in [0.3, 0.4) is 0 Å². The molecule has 0 unspecified atom stereocenters. The van der Waals surface area contributed by atoms with Crippen LogP contribution in [-0.2, 0) is 0 Å². The SMILES string of the molecule is C1=CCCC(C2=CCC=CC2)=C1. The molecule has 0 fully saturated rings. The summed E-state index contributed by atoms with van der Waals surface area (Å²) in [6.07, 6.45) is 18.2. The highest BCUT2D eigenvalue weighted by molar-refractivity contribution is 5.38. The molecule has 12 heavy (non-hydrogen) atoms. The molecule has 0 saturated heterocycles. The van der Waals surface area contributed by atoms with E-state index >= 15 is 0 Å². The minimum absolute atomic E-state index is 1.12. The summed E-state index contributed by atoms with van der Waals surface area (Å²) in [5, 5.41) is 0. The van der Waals surface area contributed by atoms with E-state index in [0.717, 1.165) is 12.8 Å². The lowest BCUT2D eigenvalue weighted by Gasteiger charge is -2.13. The summed E-state index contributed by atoms with van der Waals surface area (Å²) in [5.74, 6) is 0. The van der Waals surface area contributed by atoms with E-state index in [1.807, 2.05) is 0 Å². The summed E-state index contributed by atoms with van der Waals surface area (Å²) in [5.41, 5.74) is 3.09.